The van der Waals surface area contributed by atoms with Crippen LogP contribution in [0.2, 0.25) is 0 Å². The first-order valence-corrected chi connectivity index (χ1v) is 11.6. The second-order valence-corrected chi connectivity index (χ2v) is 9.37. The van der Waals surface area contributed by atoms with E-state index >= 15 is 0 Å². The lowest BCUT2D eigenvalue weighted by atomic mass is 9.96. The number of carboxylic acids is 1. The second kappa shape index (κ2) is 8.64. The van der Waals surface area contributed by atoms with Crippen LogP contribution in [0.3, 0.4) is 0 Å². The van der Waals surface area contributed by atoms with Gasteiger partial charge in [-0.05, 0) is 61.2 Å². The molecular weight excluding hydrogens is 495 g/mol. The van der Waals surface area contributed by atoms with Crippen molar-refractivity contribution in [1.82, 2.24) is 19.9 Å². The van der Waals surface area contributed by atoms with Gasteiger partial charge in [0.25, 0.3) is 0 Å². The summed E-state index contributed by atoms with van der Waals surface area (Å²) < 4.78 is 39.0. The van der Waals surface area contributed by atoms with Crippen molar-refractivity contribution >= 4 is 28.9 Å². The summed E-state index contributed by atoms with van der Waals surface area (Å²) in [5, 5.41) is 23.9. The number of alkyl halides is 3. The van der Waals surface area contributed by atoms with Crippen molar-refractivity contribution in [2.24, 2.45) is 0 Å². The molecule has 1 aliphatic rings. The van der Waals surface area contributed by atoms with Crippen molar-refractivity contribution in [1.29, 1.82) is 0 Å². The number of aryl methyl sites for hydroxylation is 2. The lowest BCUT2D eigenvalue weighted by Crippen LogP contribution is -2.23. The van der Waals surface area contributed by atoms with Crippen molar-refractivity contribution in [3.8, 4) is 10.6 Å². The van der Waals surface area contributed by atoms with Crippen molar-refractivity contribution in [3.05, 3.63) is 81.9 Å². The molecule has 1 atom stereocenters. The van der Waals surface area contributed by atoms with Crippen LogP contribution in [0.1, 0.15) is 44.3 Å². The van der Waals surface area contributed by atoms with E-state index in [-0.39, 0.29) is 11.5 Å². The van der Waals surface area contributed by atoms with E-state index in [4.69, 9.17) is 0 Å². The summed E-state index contributed by atoms with van der Waals surface area (Å²) in [4.78, 5) is 28.2. The molecule has 12 heteroatoms. The number of hydrogen-bond acceptors (Lipinski definition) is 8. The molecule has 1 aromatic carbocycles. The standard InChI is InChI=1S/C24H18F3N5O3S/c1-12-8-15(31-22-28-7-5-19(32-22)24(25,26)27)10-17(30-12)18-11-29-21(36-18)23(35)6-4-13-9-14(20(33)34)2-3-16(13)23/h2-3,5,7-11,35H,4,6H2,1H3,(H,33,34)(H,28,30,31,32)/t23-/m0/s1. The molecule has 36 heavy (non-hydrogen) atoms. The van der Waals surface area contributed by atoms with E-state index in [9.17, 15) is 28.2 Å². The van der Waals surface area contributed by atoms with Gasteiger partial charge in [0.1, 0.15) is 16.3 Å². The monoisotopic (exact) mass is 513 g/mol. The largest absolute Gasteiger partial charge is 0.478 e. The Bertz CT molecular complexity index is 1490. The van der Waals surface area contributed by atoms with Gasteiger partial charge in [0.15, 0.2) is 0 Å². The van der Waals surface area contributed by atoms with Crippen molar-refractivity contribution in [2.75, 3.05) is 5.32 Å². The van der Waals surface area contributed by atoms with Gasteiger partial charge in [0.05, 0.1) is 16.1 Å². The van der Waals surface area contributed by atoms with E-state index in [1.165, 1.54) is 17.4 Å². The molecule has 3 aromatic heterocycles. The molecule has 0 spiro atoms. The fourth-order valence-corrected chi connectivity index (χ4v) is 5.18. The van der Waals surface area contributed by atoms with Crippen molar-refractivity contribution in [3.63, 3.8) is 0 Å². The van der Waals surface area contributed by atoms with Crippen LogP contribution in [0.25, 0.3) is 10.6 Å². The molecule has 0 saturated heterocycles. The summed E-state index contributed by atoms with van der Waals surface area (Å²) in [6.07, 6.45) is -1.11. The van der Waals surface area contributed by atoms with Crippen LogP contribution in [0.4, 0.5) is 24.8 Å². The zero-order valence-electron chi connectivity index (χ0n) is 18.7. The number of aliphatic hydroxyl groups is 1. The number of carbonyl (C=O) groups is 1. The Hall–Kier alpha value is -3.90. The molecule has 1 aliphatic carbocycles. The highest BCUT2D eigenvalue weighted by molar-refractivity contribution is 7.15. The van der Waals surface area contributed by atoms with E-state index < -0.39 is 23.4 Å². The van der Waals surface area contributed by atoms with Crippen LogP contribution < -0.4 is 5.32 Å². The summed E-state index contributed by atoms with van der Waals surface area (Å²) in [6.45, 7) is 1.74. The van der Waals surface area contributed by atoms with Gasteiger partial charge in [0, 0.05) is 23.8 Å². The predicted molar refractivity (Wildman–Crippen MR) is 125 cm³/mol. The Morgan fingerprint density at radius 1 is 1.14 bits per heavy atom. The van der Waals surface area contributed by atoms with Gasteiger partial charge < -0.3 is 15.5 Å². The summed E-state index contributed by atoms with van der Waals surface area (Å²) in [7, 11) is 0. The van der Waals surface area contributed by atoms with Gasteiger partial charge in [-0.3, -0.25) is 4.98 Å². The minimum Gasteiger partial charge on any atom is -0.478 e. The Morgan fingerprint density at radius 2 is 1.94 bits per heavy atom. The number of nitrogens with one attached hydrogen (secondary N) is 1. The van der Waals surface area contributed by atoms with E-state index in [2.05, 4.69) is 25.3 Å². The fourth-order valence-electron chi connectivity index (χ4n) is 4.17. The quantitative estimate of drug-likeness (QED) is 0.343. The number of carboxylic acid groups (broad SMARTS) is 1. The summed E-state index contributed by atoms with van der Waals surface area (Å²) >= 11 is 1.24. The number of fused-ring (bicyclic) bond motifs is 1. The molecular formula is C24H18F3N5O3S. The maximum atomic E-state index is 13.0. The van der Waals surface area contributed by atoms with Gasteiger partial charge >= 0.3 is 12.1 Å². The zero-order chi connectivity index (χ0) is 25.7. The number of aromatic nitrogens is 4. The van der Waals surface area contributed by atoms with Crippen LogP contribution in [0.15, 0.2) is 48.8 Å². The van der Waals surface area contributed by atoms with E-state index in [0.717, 1.165) is 17.8 Å². The van der Waals surface area contributed by atoms with Crippen LogP contribution in [0.5, 0.6) is 0 Å². The first-order valence-electron chi connectivity index (χ1n) is 10.7. The van der Waals surface area contributed by atoms with E-state index in [0.29, 0.717) is 45.4 Å². The number of benzene rings is 1. The van der Waals surface area contributed by atoms with Gasteiger partial charge in [-0.2, -0.15) is 13.2 Å². The van der Waals surface area contributed by atoms with Gasteiger partial charge in [-0.15, -0.1) is 11.3 Å². The third-order valence-corrected chi connectivity index (χ3v) is 6.99. The van der Waals surface area contributed by atoms with E-state index in [1.807, 2.05) is 0 Å². The second-order valence-electron chi connectivity index (χ2n) is 8.34. The Balaban J connectivity index is 1.44. The number of aromatic carboxylic acids is 1. The molecule has 3 heterocycles. The number of nitrogens with zero attached hydrogens (tertiary/aromatic N) is 4. The fraction of sp³-hybridized carbons (Fsp3) is 0.208. The lowest BCUT2D eigenvalue weighted by Gasteiger charge is -2.21. The number of pyridine rings is 1. The van der Waals surface area contributed by atoms with Crippen LogP contribution in [0, 0.1) is 6.92 Å². The molecule has 4 aromatic rings. The molecule has 0 aliphatic heterocycles. The normalized spacial score (nSPS) is 17.1. The molecule has 5 rings (SSSR count). The van der Waals surface area contributed by atoms with Crippen molar-refractivity contribution in [2.45, 2.75) is 31.5 Å². The van der Waals surface area contributed by atoms with Gasteiger partial charge in [-0.1, -0.05) is 6.07 Å². The third kappa shape index (κ3) is 4.40. The summed E-state index contributed by atoms with van der Waals surface area (Å²) in [6, 6.07) is 8.73. The molecule has 0 unspecified atom stereocenters. The average molecular weight is 514 g/mol. The SMILES string of the molecule is Cc1cc(Nc2nccc(C(F)(F)F)n2)cc(-c2cnc([C@]3(O)CCc4cc(C(=O)O)ccc43)s2)n1. The Morgan fingerprint density at radius 3 is 2.69 bits per heavy atom. The highest BCUT2D eigenvalue weighted by atomic mass is 32.1. The first kappa shape index (κ1) is 23.8. The average Bonchev–Trinajstić information content (AvgIpc) is 3.44. The maximum Gasteiger partial charge on any atom is 0.433 e. The molecule has 8 nitrogen and oxygen atoms in total. The van der Waals surface area contributed by atoms with Gasteiger partial charge in [0.2, 0.25) is 5.95 Å². The number of rotatable bonds is 5. The third-order valence-electron chi connectivity index (χ3n) is 5.82. The number of anilines is 2. The highest BCUT2D eigenvalue weighted by Crippen LogP contribution is 2.45. The predicted octanol–water partition coefficient (Wildman–Crippen LogP) is 4.95. The Labute approximate surface area is 206 Å². The first-order chi connectivity index (χ1) is 17.0. The van der Waals surface area contributed by atoms with E-state index in [1.54, 1.807) is 37.4 Å². The van der Waals surface area contributed by atoms with Gasteiger partial charge in [-0.25, -0.2) is 19.7 Å². The molecule has 0 fully saturated rings. The molecule has 3 N–H and O–H groups in total. The highest BCUT2D eigenvalue weighted by Gasteiger charge is 2.41. The lowest BCUT2D eigenvalue weighted by molar-refractivity contribution is -0.141. The number of halogens is 3. The molecule has 0 amide bonds. The van der Waals surface area contributed by atoms with Crippen LogP contribution in [-0.4, -0.2) is 36.1 Å². The smallest absolute Gasteiger partial charge is 0.433 e. The van der Waals surface area contributed by atoms with Crippen LogP contribution >= 0.6 is 11.3 Å². The molecule has 0 radical (unpaired) electrons. The Kier molecular flexibility index (Phi) is 5.72. The molecule has 184 valence electrons. The van der Waals surface area contributed by atoms with Crippen LogP contribution in [-0.2, 0) is 18.2 Å². The summed E-state index contributed by atoms with van der Waals surface area (Å²) in [5.74, 6) is -1.24. The maximum absolute atomic E-state index is 13.0. The number of thiazole rings is 1. The molecule has 0 saturated carbocycles. The summed E-state index contributed by atoms with van der Waals surface area (Å²) in [5.41, 5.74) is 0.680. The molecule has 0 bridgehead atoms. The topological polar surface area (TPSA) is 121 Å². The number of hydrogen-bond donors (Lipinski definition) is 3. The minimum absolute atomic E-state index is 0.159. The van der Waals surface area contributed by atoms with Crippen molar-refractivity contribution < 1.29 is 28.2 Å². The minimum atomic E-state index is -4.59. The zero-order valence-corrected chi connectivity index (χ0v) is 19.5.